The Balaban J connectivity index is 2.30. The molecule has 1 aromatic heterocycles. The van der Waals surface area contributed by atoms with E-state index in [9.17, 15) is 17.2 Å². The molecule has 0 bridgehead atoms. The lowest BCUT2D eigenvalue weighted by atomic mass is 10.3. The van der Waals surface area contributed by atoms with Gasteiger partial charge in [-0.1, -0.05) is 6.07 Å². The van der Waals surface area contributed by atoms with E-state index in [1.54, 1.807) is 0 Å². The van der Waals surface area contributed by atoms with Crippen LogP contribution in [0.5, 0.6) is 0 Å². The summed E-state index contributed by atoms with van der Waals surface area (Å²) in [6.45, 7) is 0.230. The van der Waals surface area contributed by atoms with Crippen molar-refractivity contribution in [2.24, 2.45) is 5.73 Å². The zero-order valence-corrected chi connectivity index (χ0v) is 11.0. The highest BCUT2D eigenvalue weighted by molar-refractivity contribution is 7.92. The third-order valence-electron chi connectivity index (χ3n) is 2.48. The lowest BCUT2D eigenvalue weighted by molar-refractivity contribution is 0.582. The molecule has 0 aliphatic carbocycles. The largest absolute Gasteiger partial charge is 0.326 e. The number of nitrogens with zero attached hydrogens (tertiary/aromatic N) is 1. The Morgan fingerprint density at radius 1 is 1.20 bits per heavy atom. The maximum absolute atomic E-state index is 13.4. The molecule has 0 unspecified atom stereocenters. The summed E-state index contributed by atoms with van der Waals surface area (Å²) in [7, 11) is -4.04. The van der Waals surface area contributed by atoms with Crippen LogP contribution in [0.1, 0.15) is 5.56 Å². The van der Waals surface area contributed by atoms with Crippen molar-refractivity contribution >= 4 is 15.7 Å². The van der Waals surface area contributed by atoms with Crippen LogP contribution < -0.4 is 10.5 Å². The Morgan fingerprint density at radius 2 is 1.95 bits per heavy atom. The Labute approximate surface area is 114 Å². The fourth-order valence-corrected chi connectivity index (χ4v) is 2.46. The monoisotopic (exact) mass is 299 g/mol. The van der Waals surface area contributed by atoms with E-state index in [2.05, 4.69) is 4.98 Å². The van der Waals surface area contributed by atoms with Crippen molar-refractivity contribution < 1.29 is 17.2 Å². The molecule has 8 heteroatoms. The molecule has 0 aliphatic rings. The number of nitrogens with two attached hydrogens (primary N) is 1. The summed E-state index contributed by atoms with van der Waals surface area (Å²) in [5, 5.41) is -0.279. The normalized spacial score (nSPS) is 11.3. The van der Waals surface area contributed by atoms with Crippen molar-refractivity contribution in [3.8, 4) is 0 Å². The number of benzene rings is 1. The van der Waals surface area contributed by atoms with Crippen LogP contribution in [0, 0.1) is 11.6 Å². The topological polar surface area (TPSA) is 85.1 Å². The molecular formula is C12H11F2N3O2S. The minimum Gasteiger partial charge on any atom is -0.326 e. The van der Waals surface area contributed by atoms with Crippen LogP contribution in [-0.4, -0.2) is 13.4 Å². The predicted molar refractivity (Wildman–Crippen MR) is 69.3 cm³/mol. The van der Waals surface area contributed by atoms with Crippen LogP contribution >= 0.6 is 0 Å². The van der Waals surface area contributed by atoms with E-state index in [0.717, 1.165) is 12.1 Å². The Kier molecular flexibility index (Phi) is 3.96. The van der Waals surface area contributed by atoms with Crippen LogP contribution in [-0.2, 0) is 16.6 Å². The number of anilines is 1. The number of rotatable bonds is 4. The molecule has 0 aliphatic heterocycles. The van der Waals surface area contributed by atoms with Crippen LogP contribution in [0.4, 0.5) is 14.5 Å². The molecule has 2 rings (SSSR count). The summed E-state index contributed by atoms with van der Waals surface area (Å²) in [5.41, 5.74) is 5.69. The molecule has 0 atom stereocenters. The SMILES string of the molecule is NCc1ccc(S(=O)(=O)Nc2ccc(F)cc2F)nc1. The first kappa shape index (κ1) is 14.4. The van der Waals surface area contributed by atoms with Crippen molar-refractivity contribution in [2.75, 3.05) is 4.72 Å². The fraction of sp³-hybridized carbons (Fsp3) is 0.0833. The summed E-state index contributed by atoms with van der Waals surface area (Å²) in [6, 6.07) is 5.29. The minimum absolute atomic E-state index is 0.230. The number of pyridine rings is 1. The highest BCUT2D eigenvalue weighted by Crippen LogP contribution is 2.19. The van der Waals surface area contributed by atoms with Gasteiger partial charge < -0.3 is 5.73 Å². The average molecular weight is 299 g/mol. The summed E-state index contributed by atoms with van der Waals surface area (Å²) in [6.07, 6.45) is 1.32. The van der Waals surface area contributed by atoms with E-state index in [1.165, 1.54) is 18.3 Å². The van der Waals surface area contributed by atoms with Crippen molar-refractivity contribution in [3.63, 3.8) is 0 Å². The van der Waals surface area contributed by atoms with Crippen molar-refractivity contribution in [2.45, 2.75) is 11.6 Å². The van der Waals surface area contributed by atoms with Gasteiger partial charge in [-0.05, 0) is 23.8 Å². The maximum atomic E-state index is 13.4. The first-order valence-electron chi connectivity index (χ1n) is 5.55. The molecule has 0 saturated heterocycles. The van der Waals surface area contributed by atoms with Gasteiger partial charge in [-0.15, -0.1) is 0 Å². The fourth-order valence-electron chi connectivity index (χ4n) is 1.46. The quantitative estimate of drug-likeness (QED) is 0.898. The van der Waals surface area contributed by atoms with Gasteiger partial charge in [0.2, 0.25) is 0 Å². The second kappa shape index (κ2) is 5.51. The molecule has 3 N–H and O–H groups in total. The zero-order valence-electron chi connectivity index (χ0n) is 10.2. The van der Waals surface area contributed by atoms with Gasteiger partial charge in [0.05, 0.1) is 5.69 Å². The first-order chi connectivity index (χ1) is 9.42. The van der Waals surface area contributed by atoms with Crippen molar-refractivity contribution in [1.29, 1.82) is 0 Å². The number of hydrogen-bond donors (Lipinski definition) is 2. The Bertz CT molecular complexity index is 718. The third-order valence-corrected chi connectivity index (χ3v) is 3.76. The molecule has 0 saturated carbocycles. The van der Waals surface area contributed by atoms with Crippen molar-refractivity contribution in [3.05, 3.63) is 53.7 Å². The Hall–Kier alpha value is -2.06. The summed E-state index contributed by atoms with van der Waals surface area (Å²) in [5.74, 6) is -1.80. The highest BCUT2D eigenvalue weighted by atomic mass is 32.2. The zero-order chi connectivity index (χ0) is 14.8. The van der Waals surface area contributed by atoms with E-state index in [1.807, 2.05) is 4.72 Å². The average Bonchev–Trinajstić information content (AvgIpc) is 2.42. The molecule has 1 heterocycles. The lowest BCUT2D eigenvalue weighted by Gasteiger charge is -2.08. The molecule has 0 amide bonds. The van der Waals surface area contributed by atoms with E-state index in [-0.39, 0.29) is 17.3 Å². The molecular weight excluding hydrogens is 288 g/mol. The van der Waals surface area contributed by atoms with E-state index in [0.29, 0.717) is 11.6 Å². The van der Waals surface area contributed by atoms with Gasteiger partial charge in [0.1, 0.15) is 11.6 Å². The molecule has 2 aromatic rings. The number of sulfonamides is 1. The van der Waals surface area contributed by atoms with Crippen LogP contribution in [0.2, 0.25) is 0 Å². The van der Waals surface area contributed by atoms with Gasteiger partial charge in [0, 0.05) is 18.8 Å². The minimum atomic E-state index is -4.04. The van der Waals surface area contributed by atoms with Gasteiger partial charge in [0.15, 0.2) is 5.03 Å². The smallest absolute Gasteiger partial charge is 0.279 e. The molecule has 20 heavy (non-hydrogen) atoms. The van der Waals surface area contributed by atoms with Crippen LogP contribution in [0.15, 0.2) is 41.6 Å². The molecule has 106 valence electrons. The second-order valence-corrected chi connectivity index (χ2v) is 5.57. The number of nitrogens with one attached hydrogen (secondary N) is 1. The van der Waals surface area contributed by atoms with Gasteiger partial charge in [-0.2, -0.15) is 8.42 Å². The predicted octanol–water partition coefficient (Wildman–Crippen LogP) is 1.62. The van der Waals surface area contributed by atoms with Gasteiger partial charge in [-0.25, -0.2) is 13.8 Å². The number of hydrogen-bond acceptors (Lipinski definition) is 4. The summed E-state index contributed by atoms with van der Waals surface area (Å²) < 4.78 is 52.1. The van der Waals surface area contributed by atoms with Gasteiger partial charge in [0.25, 0.3) is 10.0 Å². The van der Waals surface area contributed by atoms with Crippen LogP contribution in [0.3, 0.4) is 0 Å². The van der Waals surface area contributed by atoms with Gasteiger partial charge >= 0.3 is 0 Å². The molecule has 0 fully saturated rings. The summed E-state index contributed by atoms with van der Waals surface area (Å²) in [4.78, 5) is 3.74. The molecule has 1 aromatic carbocycles. The molecule has 0 spiro atoms. The van der Waals surface area contributed by atoms with Gasteiger partial charge in [-0.3, -0.25) is 4.72 Å². The number of halogens is 2. The van der Waals surface area contributed by atoms with E-state index < -0.39 is 21.7 Å². The second-order valence-electron chi connectivity index (χ2n) is 3.94. The number of aromatic nitrogens is 1. The lowest BCUT2D eigenvalue weighted by Crippen LogP contribution is -2.15. The highest BCUT2D eigenvalue weighted by Gasteiger charge is 2.17. The first-order valence-corrected chi connectivity index (χ1v) is 7.03. The van der Waals surface area contributed by atoms with E-state index in [4.69, 9.17) is 5.73 Å². The van der Waals surface area contributed by atoms with E-state index >= 15 is 0 Å². The van der Waals surface area contributed by atoms with Crippen LogP contribution in [0.25, 0.3) is 0 Å². The standard InChI is InChI=1S/C12H11F2N3O2S/c13-9-2-3-11(10(14)5-9)17-20(18,19)12-4-1-8(6-15)7-16-12/h1-5,7,17H,6,15H2. The molecule has 0 radical (unpaired) electrons. The maximum Gasteiger partial charge on any atom is 0.279 e. The third kappa shape index (κ3) is 3.09. The van der Waals surface area contributed by atoms with Crippen molar-refractivity contribution in [1.82, 2.24) is 4.98 Å². The Morgan fingerprint density at radius 3 is 2.50 bits per heavy atom. The summed E-state index contributed by atoms with van der Waals surface area (Å²) >= 11 is 0. The molecule has 5 nitrogen and oxygen atoms in total.